The molecule has 0 amide bonds. The lowest BCUT2D eigenvalue weighted by Crippen LogP contribution is -2.09. The van der Waals surface area contributed by atoms with Crippen LogP contribution in [-0.4, -0.2) is 13.1 Å². The molecule has 0 saturated heterocycles. The van der Waals surface area contributed by atoms with Crippen LogP contribution in [0, 0.1) is 17.1 Å². The molecule has 0 spiro atoms. The molecule has 0 saturated carbocycles. The smallest absolute Gasteiger partial charge is 0.342 e. The van der Waals surface area contributed by atoms with Crippen LogP contribution in [0.1, 0.15) is 21.5 Å². The molecule has 3 nitrogen and oxygen atoms in total. The molecule has 0 radical (unpaired) electrons. The molecular formula is C10H7ClFNO2. The van der Waals surface area contributed by atoms with Gasteiger partial charge in [-0.1, -0.05) is 6.07 Å². The van der Waals surface area contributed by atoms with E-state index in [9.17, 15) is 9.18 Å². The van der Waals surface area contributed by atoms with Gasteiger partial charge in [-0.2, -0.15) is 5.26 Å². The molecule has 0 aliphatic rings. The topological polar surface area (TPSA) is 50.1 Å². The molecule has 1 aromatic carbocycles. The van der Waals surface area contributed by atoms with Crippen LogP contribution >= 0.6 is 11.6 Å². The molecule has 5 heteroatoms. The highest BCUT2D eigenvalue weighted by Gasteiger charge is 2.20. The quantitative estimate of drug-likeness (QED) is 0.575. The predicted octanol–water partition coefficient (Wildman–Crippen LogP) is 2.22. The van der Waals surface area contributed by atoms with Crippen LogP contribution in [0.25, 0.3) is 0 Å². The van der Waals surface area contributed by atoms with Gasteiger partial charge in [0.1, 0.15) is 17.4 Å². The lowest BCUT2D eigenvalue weighted by atomic mass is 10.0. The number of rotatable bonds is 2. The Labute approximate surface area is 91.0 Å². The standard InChI is InChI=1S/C10H7ClFNO2/c1-15-10(14)8-7(5-13)3-2-6(4-11)9(8)12/h2-3H,4H2,1H3. The van der Waals surface area contributed by atoms with Crippen molar-refractivity contribution in [3.63, 3.8) is 0 Å². The number of nitrogens with zero attached hydrogens (tertiary/aromatic N) is 1. The van der Waals surface area contributed by atoms with E-state index in [4.69, 9.17) is 16.9 Å². The van der Waals surface area contributed by atoms with E-state index in [0.717, 1.165) is 7.11 Å². The number of nitriles is 1. The van der Waals surface area contributed by atoms with Crippen molar-refractivity contribution in [2.75, 3.05) is 7.11 Å². The molecule has 0 N–H and O–H groups in total. The van der Waals surface area contributed by atoms with Crippen molar-refractivity contribution in [1.29, 1.82) is 5.26 Å². The van der Waals surface area contributed by atoms with E-state index >= 15 is 0 Å². The van der Waals surface area contributed by atoms with Gasteiger partial charge in [-0.15, -0.1) is 11.6 Å². The number of halogens is 2. The van der Waals surface area contributed by atoms with Gasteiger partial charge in [0.15, 0.2) is 0 Å². The van der Waals surface area contributed by atoms with Crippen LogP contribution in [0.4, 0.5) is 4.39 Å². The number of benzene rings is 1. The number of hydrogen-bond donors (Lipinski definition) is 0. The summed E-state index contributed by atoms with van der Waals surface area (Å²) in [6, 6.07) is 4.43. The fourth-order valence-electron chi connectivity index (χ4n) is 1.12. The summed E-state index contributed by atoms with van der Waals surface area (Å²) in [5.74, 6) is -1.74. The monoisotopic (exact) mass is 227 g/mol. The Morgan fingerprint density at radius 3 is 2.80 bits per heavy atom. The van der Waals surface area contributed by atoms with Crippen molar-refractivity contribution >= 4 is 17.6 Å². The maximum absolute atomic E-state index is 13.6. The Bertz CT molecular complexity index is 440. The SMILES string of the molecule is COC(=O)c1c(C#N)ccc(CCl)c1F. The molecule has 0 bridgehead atoms. The van der Waals surface area contributed by atoms with Crippen molar-refractivity contribution in [3.8, 4) is 6.07 Å². The first kappa shape index (κ1) is 11.5. The molecule has 0 heterocycles. The van der Waals surface area contributed by atoms with Gasteiger partial charge in [-0.25, -0.2) is 9.18 Å². The zero-order valence-corrected chi connectivity index (χ0v) is 8.64. The zero-order valence-electron chi connectivity index (χ0n) is 7.88. The minimum Gasteiger partial charge on any atom is -0.465 e. The number of esters is 1. The van der Waals surface area contributed by atoms with Crippen LogP contribution in [0.2, 0.25) is 0 Å². The van der Waals surface area contributed by atoms with Crippen molar-refractivity contribution in [3.05, 3.63) is 34.6 Å². The normalized spacial score (nSPS) is 9.47. The number of hydrogen-bond acceptors (Lipinski definition) is 3. The van der Waals surface area contributed by atoms with E-state index in [1.165, 1.54) is 12.1 Å². The molecule has 1 aromatic rings. The summed E-state index contributed by atoms with van der Waals surface area (Å²) in [4.78, 5) is 11.2. The molecule has 0 atom stereocenters. The Balaban J connectivity index is 3.44. The summed E-state index contributed by atoms with van der Waals surface area (Å²) in [6.45, 7) is 0. The predicted molar refractivity (Wildman–Crippen MR) is 52.0 cm³/mol. The van der Waals surface area contributed by atoms with Gasteiger partial charge in [-0.3, -0.25) is 0 Å². The second-order valence-corrected chi connectivity index (χ2v) is 2.97. The van der Waals surface area contributed by atoms with Crippen LogP contribution in [0.3, 0.4) is 0 Å². The minimum absolute atomic E-state index is 0.0618. The fraction of sp³-hybridized carbons (Fsp3) is 0.200. The third kappa shape index (κ3) is 2.08. The van der Waals surface area contributed by atoms with Gasteiger partial charge in [0.2, 0.25) is 0 Å². The second kappa shape index (κ2) is 4.76. The average Bonchev–Trinajstić information content (AvgIpc) is 2.27. The first-order valence-electron chi connectivity index (χ1n) is 4.01. The lowest BCUT2D eigenvalue weighted by molar-refractivity contribution is 0.0595. The van der Waals surface area contributed by atoms with E-state index in [-0.39, 0.29) is 22.6 Å². The van der Waals surface area contributed by atoms with Gasteiger partial charge in [-0.05, 0) is 6.07 Å². The van der Waals surface area contributed by atoms with E-state index in [0.29, 0.717) is 0 Å². The summed E-state index contributed by atoms with van der Waals surface area (Å²) in [7, 11) is 1.12. The van der Waals surface area contributed by atoms with Gasteiger partial charge in [0.25, 0.3) is 0 Å². The van der Waals surface area contributed by atoms with Crippen molar-refractivity contribution in [1.82, 2.24) is 0 Å². The van der Waals surface area contributed by atoms with Crippen LogP contribution in [0.5, 0.6) is 0 Å². The summed E-state index contributed by atoms with van der Waals surface area (Å²) >= 11 is 5.47. The Morgan fingerprint density at radius 2 is 2.33 bits per heavy atom. The molecule has 0 aliphatic carbocycles. The van der Waals surface area contributed by atoms with Crippen molar-refractivity contribution in [2.45, 2.75) is 5.88 Å². The Hall–Kier alpha value is -1.60. The fourth-order valence-corrected chi connectivity index (χ4v) is 1.32. The highest BCUT2D eigenvalue weighted by molar-refractivity contribution is 6.17. The average molecular weight is 228 g/mol. The van der Waals surface area contributed by atoms with E-state index in [2.05, 4.69) is 4.74 Å². The Kier molecular flexibility index (Phi) is 3.64. The first-order chi connectivity index (χ1) is 7.15. The van der Waals surface area contributed by atoms with E-state index in [1.807, 2.05) is 0 Å². The molecular weight excluding hydrogens is 221 g/mol. The zero-order chi connectivity index (χ0) is 11.4. The molecule has 0 fully saturated rings. The summed E-state index contributed by atoms with van der Waals surface area (Å²) < 4.78 is 18.0. The highest BCUT2D eigenvalue weighted by atomic mass is 35.5. The second-order valence-electron chi connectivity index (χ2n) is 2.70. The largest absolute Gasteiger partial charge is 0.465 e. The van der Waals surface area contributed by atoms with Gasteiger partial charge >= 0.3 is 5.97 Å². The number of ether oxygens (including phenoxy) is 1. The number of alkyl halides is 1. The van der Waals surface area contributed by atoms with Crippen molar-refractivity contribution < 1.29 is 13.9 Å². The van der Waals surface area contributed by atoms with Crippen LogP contribution in [0.15, 0.2) is 12.1 Å². The maximum atomic E-state index is 13.6. The van der Waals surface area contributed by atoms with Crippen LogP contribution in [-0.2, 0) is 10.6 Å². The molecule has 0 unspecified atom stereocenters. The van der Waals surface area contributed by atoms with Crippen LogP contribution < -0.4 is 0 Å². The highest BCUT2D eigenvalue weighted by Crippen LogP contribution is 2.19. The third-order valence-electron chi connectivity index (χ3n) is 1.88. The molecule has 0 aromatic heterocycles. The molecule has 78 valence electrons. The first-order valence-corrected chi connectivity index (χ1v) is 4.55. The molecule has 15 heavy (non-hydrogen) atoms. The van der Waals surface area contributed by atoms with Gasteiger partial charge < -0.3 is 4.74 Å². The number of carbonyl (C=O) groups is 1. The lowest BCUT2D eigenvalue weighted by Gasteiger charge is -2.06. The van der Waals surface area contributed by atoms with Gasteiger partial charge in [0.05, 0.1) is 18.6 Å². The number of methoxy groups -OCH3 is 1. The van der Waals surface area contributed by atoms with Crippen molar-refractivity contribution in [2.24, 2.45) is 0 Å². The molecule has 1 rings (SSSR count). The maximum Gasteiger partial charge on any atom is 0.342 e. The summed E-state index contributed by atoms with van der Waals surface area (Å²) in [6.07, 6.45) is 0. The Morgan fingerprint density at radius 1 is 1.67 bits per heavy atom. The van der Waals surface area contributed by atoms with E-state index in [1.54, 1.807) is 6.07 Å². The number of carbonyl (C=O) groups excluding carboxylic acids is 1. The van der Waals surface area contributed by atoms with Gasteiger partial charge in [0, 0.05) is 5.56 Å². The van der Waals surface area contributed by atoms with E-state index < -0.39 is 11.8 Å². The third-order valence-corrected chi connectivity index (χ3v) is 2.16. The molecule has 0 aliphatic heterocycles. The summed E-state index contributed by atoms with van der Waals surface area (Å²) in [5.41, 5.74) is -0.262. The minimum atomic E-state index is -0.879. The summed E-state index contributed by atoms with van der Waals surface area (Å²) in [5, 5.41) is 8.69.